The zero-order valence-electron chi connectivity index (χ0n) is 15.1. The average Bonchev–Trinajstić information content (AvgIpc) is 3.09. The third kappa shape index (κ3) is 4.07. The van der Waals surface area contributed by atoms with Gasteiger partial charge in [0, 0.05) is 23.5 Å². The molecule has 0 fully saturated rings. The molecule has 7 heteroatoms. The van der Waals surface area contributed by atoms with Gasteiger partial charge >= 0.3 is 0 Å². The number of aromatic nitrogens is 2. The molecule has 0 radical (unpaired) electrons. The molecule has 1 aliphatic heterocycles. The molecule has 2 aromatic carbocycles. The van der Waals surface area contributed by atoms with Gasteiger partial charge in [0.25, 0.3) is 5.91 Å². The van der Waals surface area contributed by atoms with Crippen LogP contribution in [-0.4, -0.2) is 27.4 Å². The molecule has 3 aromatic rings. The van der Waals surface area contributed by atoms with Gasteiger partial charge in [-0.3, -0.25) is 9.59 Å². The number of rotatable bonds is 4. The molecule has 0 aliphatic carbocycles. The monoisotopic (exact) mass is 394 g/mol. The Morgan fingerprint density at radius 2 is 2.07 bits per heavy atom. The van der Waals surface area contributed by atoms with Gasteiger partial charge in [-0.15, -0.1) is 0 Å². The van der Waals surface area contributed by atoms with Gasteiger partial charge in [-0.25, -0.2) is 4.98 Å². The van der Waals surface area contributed by atoms with Crippen LogP contribution < -0.4 is 10.6 Å². The largest absolute Gasteiger partial charge is 0.339 e. The second kappa shape index (κ2) is 7.86. The number of hydrogen-bond donors (Lipinski definition) is 2. The molecule has 0 bridgehead atoms. The molecule has 6 nitrogen and oxygen atoms in total. The molecule has 4 rings (SSSR count). The van der Waals surface area contributed by atoms with Crippen LogP contribution >= 0.6 is 11.6 Å². The first kappa shape index (κ1) is 18.3. The maximum atomic E-state index is 12.6. The molecule has 28 heavy (non-hydrogen) atoms. The predicted molar refractivity (Wildman–Crippen MR) is 107 cm³/mol. The number of halogens is 1. The Kier molecular flexibility index (Phi) is 5.12. The highest BCUT2D eigenvalue weighted by atomic mass is 35.5. The third-order valence-corrected chi connectivity index (χ3v) is 4.96. The van der Waals surface area contributed by atoms with E-state index in [1.165, 1.54) is 0 Å². The Balaban J connectivity index is 1.42. The number of anilines is 1. The van der Waals surface area contributed by atoms with E-state index in [0.717, 1.165) is 11.1 Å². The van der Waals surface area contributed by atoms with Crippen molar-refractivity contribution in [3.05, 3.63) is 82.9 Å². The SMILES string of the molecule is O=C(N[C@H]1CCc2ccc(Cl)cc2NC1=O)c1cn(Cc2ccccc2)cn1. The summed E-state index contributed by atoms with van der Waals surface area (Å²) in [5.41, 5.74) is 3.10. The van der Waals surface area contributed by atoms with Gasteiger partial charge in [-0.2, -0.15) is 0 Å². The minimum atomic E-state index is -0.627. The van der Waals surface area contributed by atoms with Crippen molar-refractivity contribution < 1.29 is 9.59 Å². The minimum absolute atomic E-state index is 0.252. The third-order valence-electron chi connectivity index (χ3n) is 4.73. The summed E-state index contributed by atoms with van der Waals surface area (Å²) in [7, 11) is 0. The highest BCUT2D eigenvalue weighted by Gasteiger charge is 2.26. The number of imidazole rings is 1. The van der Waals surface area contributed by atoms with E-state index in [9.17, 15) is 9.59 Å². The van der Waals surface area contributed by atoms with E-state index < -0.39 is 6.04 Å². The topological polar surface area (TPSA) is 76.0 Å². The van der Waals surface area contributed by atoms with Crippen molar-refractivity contribution in [3.8, 4) is 0 Å². The number of hydrogen-bond acceptors (Lipinski definition) is 3. The summed E-state index contributed by atoms with van der Waals surface area (Å²) < 4.78 is 1.84. The van der Waals surface area contributed by atoms with Crippen LogP contribution in [0.1, 0.15) is 28.0 Å². The number of aryl methyl sites for hydroxylation is 1. The zero-order chi connectivity index (χ0) is 19.5. The smallest absolute Gasteiger partial charge is 0.272 e. The summed E-state index contributed by atoms with van der Waals surface area (Å²) in [5.74, 6) is -0.617. The van der Waals surface area contributed by atoms with Crippen LogP contribution in [0, 0.1) is 0 Å². The fraction of sp³-hybridized carbons (Fsp3) is 0.190. The Hall–Kier alpha value is -3.12. The van der Waals surface area contributed by atoms with Crippen LogP contribution in [0.25, 0.3) is 0 Å². The number of nitrogens with zero attached hydrogens (tertiary/aromatic N) is 2. The maximum absolute atomic E-state index is 12.6. The van der Waals surface area contributed by atoms with Gasteiger partial charge < -0.3 is 15.2 Å². The van der Waals surface area contributed by atoms with Crippen molar-refractivity contribution in [2.24, 2.45) is 0 Å². The lowest BCUT2D eigenvalue weighted by molar-refractivity contribution is -0.118. The minimum Gasteiger partial charge on any atom is -0.339 e. The number of benzene rings is 2. The second-order valence-corrected chi connectivity index (χ2v) is 7.21. The Labute approximate surface area is 167 Å². The predicted octanol–water partition coefficient (Wildman–Crippen LogP) is 3.27. The normalized spacial score (nSPS) is 16.0. The standard InChI is InChI=1S/C21H19ClN4O2/c22-16-8-6-15-7-9-17(20(27)25-18(15)10-16)24-21(28)19-12-26(13-23-19)11-14-4-2-1-3-5-14/h1-6,8,10,12-13,17H,7,9,11H2,(H,24,28)(H,25,27)/t17-/m0/s1. The maximum Gasteiger partial charge on any atom is 0.272 e. The highest BCUT2D eigenvalue weighted by Crippen LogP contribution is 2.25. The van der Waals surface area contributed by atoms with Crippen LogP contribution in [0.5, 0.6) is 0 Å². The van der Waals surface area contributed by atoms with Crippen LogP contribution in [0.2, 0.25) is 5.02 Å². The highest BCUT2D eigenvalue weighted by molar-refractivity contribution is 6.31. The van der Waals surface area contributed by atoms with Gasteiger partial charge in [0.1, 0.15) is 11.7 Å². The fourth-order valence-corrected chi connectivity index (χ4v) is 3.43. The summed E-state index contributed by atoms with van der Waals surface area (Å²) in [6.07, 6.45) is 4.48. The molecule has 0 spiro atoms. The number of fused-ring (bicyclic) bond motifs is 1. The average molecular weight is 395 g/mol. The van der Waals surface area contributed by atoms with Crippen molar-refractivity contribution in [1.29, 1.82) is 0 Å². The van der Waals surface area contributed by atoms with Crippen molar-refractivity contribution in [3.63, 3.8) is 0 Å². The van der Waals surface area contributed by atoms with E-state index in [4.69, 9.17) is 11.6 Å². The second-order valence-electron chi connectivity index (χ2n) is 6.77. The van der Waals surface area contributed by atoms with E-state index in [2.05, 4.69) is 15.6 Å². The van der Waals surface area contributed by atoms with E-state index in [-0.39, 0.29) is 17.5 Å². The first-order chi connectivity index (χ1) is 13.6. The van der Waals surface area contributed by atoms with Crippen LogP contribution in [0.15, 0.2) is 61.1 Å². The van der Waals surface area contributed by atoms with Crippen LogP contribution in [0.3, 0.4) is 0 Å². The summed E-state index contributed by atoms with van der Waals surface area (Å²) in [5, 5.41) is 6.20. The summed E-state index contributed by atoms with van der Waals surface area (Å²) in [6, 6.07) is 14.7. The van der Waals surface area contributed by atoms with Crippen molar-refractivity contribution in [1.82, 2.24) is 14.9 Å². The molecule has 2 heterocycles. The lowest BCUT2D eigenvalue weighted by atomic mass is 10.1. The quantitative estimate of drug-likeness (QED) is 0.713. The molecule has 142 valence electrons. The van der Waals surface area contributed by atoms with Crippen molar-refractivity contribution in [2.45, 2.75) is 25.4 Å². The number of carbonyl (C=O) groups excluding carboxylic acids is 2. The molecule has 0 saturated heterocycles. The van der Waals surface area contributed by atoms with Crippen molar-refractivity contribution in [2.75, 3.05) is 5.32 Å². The Bertz CT molecular complexity index is 1020. The summed E-state index contributed by atoms with van der Waals surface area (Å²) >= 11 is 6.01. The molecule has 2 N–H and O–H groups in total. The Morgan fingerprint density at radius 1 is 1.25 bits per heavy atom. The van der Waals surface area contributed by atoms with Crippen LogP contribution in [0.4, 0.5) is 5.69 Å². The number of carbonyl (C=O) groups is 2. The van der Waals surface area contributed by atoms with Crippen LogP contribution in [-0.2, 0) is 17.8 Å². The van der Waals surface area contributed by atoms with E-state index in [1.807, 2.05) is 41.0 Å². The van der Waals surface area contributed by atoms with Gasteiger partial charge in [-0.1, -0.05) is 48.0 Å². The molecule has 2 amide bonds. The van der Waals surface area contributed by atoms with E-state index in [1.54, 1.807) is 24.7 Å². The van der Waals surface area contributed by atoms with Gasteiger partial charge in [0.15, 0.2) is 0 Å². The first-order valence-corrected chi connectivity index (χ1v) is 9.42. The van der Waals surface area contributed by atoms with Crippen molar-refractivity contribution >= 4 is 29.1 Å². The van der Waals surface area contributed by atoms with Gasteiger partial charge in [0.2, 0.25) is 5.91 Å². The molecule has 1 aromatic heterocycles. The summed E-state index contributed by atoms with van der Waals surface area (Å²) in [6.45, 7) is 0.626. The molecular weight excluding hydrogens is 376 g/mol. The molecule has 1 atom stereocenters. The number of nitrogens with one attached hydrogen (secondary N) is 2. The lowest BCUT2D eigenvalue weighted by Gasteiger charge is -2.14. The number of amides is 2. The summed E-state index contributed by atoms with van der Waals surface area (Å²) in [4.78, 5) is 29.3. The van der Waals surface area contributed by atoms with E-state index in [0.29, 0.717) is 30.1 Å². The van der Waals surface area contributed by atoms with Gasteiger partial charge in [0.05, 0.1) is 6.33 Å². The van der Waals surface area contributed by atoms with E-state index >= 15 is 0 Å². The fourth-order valence-electron chi connectivity index (χ4n) is 3.26. The molecule has 0 unspecified atom stereocenters. The Morgan fingerprint density at radius 3 is 2.89 bits per heavy atom. The first-order valence-electron chi connectivity index (χ1n) is 9.04. The van der Waals surface area contributed by atoms with Gasteiger partial charge in [-0.05, 0) is 36.1 Å². The lowest BCUT2D eigenvalue weighted by Crippen LogP contribution is -2.43. The molecule has 0 saturated carbocycles. The molecular formula is C21H19ClN4O2. The zero-order valence-corrected chi connectivity index (χ0v) is 15.8. The molecule has 1 aliphatic rings.